The van der Waals surface area contributed by atoms with Crippen LogP contribution in [0.1, 0.15) is 32.4 Å². The lowest BCUT2D eigenvalue weighted by Gasteiger charge is -2.16. The van der Waals surface area contributed by atoms with Gasteiger partial charge < -0.3 is 20.4 Å². The third kappa shape index (κ3) is 6.83. The van der Waals surface area contributed by atoms with Crippen molar-refractivity contribution in [3.8, 4) is 0 Å². The van der Waals surface area contributed by atoms with Gasteiger partial charge in [-0.15, -0.1) is 0 Å². The Kier molecular flexibility index (Phi) is 8.01. The van der Waals surface area contributed by atoms with Crippen LogP contribution < -0.4 is 16.0 Å². The topological polar surface area (TPSA) is 78.7 Å². The zero-order valence-corrected chi connectivity index (χ0v) is 13.1. The molecule has 0 unspecified atom stereocenters. The van der Waals surface area contributed by atoms with Crippen LogP contribution in [0.4, 0.5) is 0 Å². The van der Waals surface area contributed by atoms with E-state index in [9.17, 15) is 4.79 Å². The summed E-state index contributed by atoms with van der Waals surface area (Å²) in [5.41, 5.74) is 0. The normalized spacial score (nSPS) is 11.5. The van der Waals surface area contributed by atoms with Crippen molar-refractivity contribution in [3.63, 3.8) is 0 Å². The van der Waals surface area contributed by atoms with E-state index in [4.69, 9.17) is 4.42 Å². The van der Waals surface area contributed by atoms with Crippen molar-refractivity contribution in [1.82, 2.24) is 16.0 Å². The summed E-state index contributed by atoms with van der Waals surface area (Å²) in [6, 6.07) is 3.62. The summed E-state index contributed by atoms with van der Waals surface area (Å²) >= 11 is 0. The van der Waals surface area contributed by atoms with Crippen LogP contribution in [-0.2, 0) is 11.3 Å². The molecule has 0 saturated carbocycles. The smallest absolute Gasteiger partial charge is 0.239 e. The van der Waals surface area contributed by atoms with Crippen molar-refractivity contribution in [1.29, 1.82) is 0 Å². The zero-order valence-electron chi connectivity index (χ0n) is 13.1. The van der Waals surface area contributed by atoms with Gasteiger partial charge in [-0.1, -0.05) is 26.7 Å². The molecule has 1 heterocycles. The molecule has 0 spiro atoms. The molecule has 118 valence electrons. The molecule has 0 saturated heterocycles. The molecule has 1 aromatic heterocycles. The van der Waals surface area contributed by atoms with Crippen LogP contribution in [-0.4, -0.2) is 32.0 Å². The van der Waals surface area contributed by atoms with E-state index in [2.05, 4.69) is 34.8 Å². The molecule has 0 fully saturated rings. The highest BCUT2D eigenvalue weighted by molar-refractivity contribution is 5.86. The summed E-state index contributed by atoms with van der Waals surface area (Å²) in [7, 11) is 1.70. The average Bonchev–Trinajstić information content (AvgIpc) is 3.02. The van der Waals surface area contributed by atoms with E-state index in [-0.39, 0.29) is 12.5 Å². The van der Waals surface area contributed by atoms with Crippen LogP contribution in [0.25, 0.3) is 0 Å². The first-order chi connectivity index (χ1) is 10.2. The van der Waals surface area contributed by atoms with Crippen LogP contribution in [0.2, 0.25) is 0 Å². The molecule has 6 heteroatoms. The maximum Gasteiger partial charge on any atom is 0.239 e. The minimum Gasteiger partial charge on any atom is -0.467 e. The van der Waals surface area contributed by atoms with Gasteiger partial charge in [0, 0.05) is 13.6 Å². The molecule has 21 heavy (non-hydrogen) atoms. The summed E-state index contributed by atoms with van der Waals surface area (Å²) in [6.07, 6.45) is 3.84. The molecule has 3 N–H and O–H groups in total. The maximum absolute atomic E-state index is 11.7. The van der Waals surface area contributed by atoms with Crippen molar-refractivity contribution in [2.45, 2.75) is 33.2 Å². The van der Waals surface area contributed by atoms with Gasteiger partial charge in [0.25, 0.3) is 0 Å². The first-order valence-electron chi connectivity index (χ1n) is 7.43. The number of carbonyl (C=O) groups excluding carboxylic acids is 1. The second-order valence-electron chi connectivity index (χ2n) is 4.85. The number of carbonyl (C=O) groups is 1. The summed E-state index contributed by atoms with van der Waals surface area (Å²) in [5.74, 6) is 1.91. The maximum atomic E-state index is 11.7. The molecule has 0 radical (unpaired) electrons. The standard InChI is InChI=1S/C15H26N4O2/c1-4-12(5-2)9-18-15(16-3)19-11-14(20)17-10-13-7-6-8-21-13/h6-8,12H,4-5,9-11H2,1-3H3,(H,17,20)(H2,16,18,19). The SMILES string of the molecule is CCC(CC)CNC(=NC)NCC(=O)NCc1ccco1. The highest BCUT2D eigenvalue weighted by atomic mass is 16.3. The van der Waals surface area contributed by atoms with Crippen LogP contribution in [0.5, 0.6) is 0 Å². The van der Waals surface area contributed by atoms with Crippen LogP contribution in [0.3, 0.4) is 0 Å². The fourth-order valence-corrected chi connectivity index (χ4v) is 1.86. The molecule has 0 atom stereocenters. The van der Waals surface area contributed by atoms with Crippen LogP contribution in [0.15, 0.2) is 27.8 Å². The monoisotopic (exact) mass is 294 g/mol. The van der Waals surface area contributed by atoms with Gasteiger partial charge in [-0.3, -0.25) is 9.79 Å². The lowest BCUT2D eigenvalue weighted by molar-refractivity contribution is -0.120. The van der Waals surface area contributed by atoms with E-state index in [1.807, 2.05) is 6.07 Å². The van der Waals surface area contributed by atoms with E-state index >= 15 is 0 Å². The van der Waals surface area contributed by atoms with E-state index in [1.165, 1.54) is 0 Å². The molecule has 1 amide bonds. The minimum absolute atomic E-state index is 0.100. The number of hydrogen-bond donors (Lipinski definition) is 3. The molecule has 0 aliphatic rings. The number of nitrogens with zero attached hydrogens (tertiary/aromatic N) is 1. The van der Waals surface area contributed by atoms with Gasteiger partial charge in [-0.25, -0.2) is 0 Å². The van der Waals surface area contributed by atoms with Crippen molar-refractivity contribution >= 4 is 11.9 Å². The second kappa shape index (κ2) is 9.85. The highest BCUT2D eigenvalue weighted by Crippen LogP contribution is 2.04. The molecule has 6 nitrogen and oxygen atoms in total. The van der Waals surface area contributed by atoms with Crippen molar-refractivity contribution in [2.24, 2.45) is 10.9 Å². The molecule has 1 aromatic rings. The molecular formula is C15H26N4O2. The van der Waals surface area contributed by atoms with E-state index in [0.29, 0.717) is 18.4 Å². The van der Waals surface area contributed by atoms with Gasteiger partial charge in [0.1, 0.15) is 5.76 Å². The highest BCUT2D eigenvalue weighted by Gasteiger charge is 2.07. The molecular weight excluding hydrogens is 268 g/mol. The number of guanidine groups is 1. The Balaban J connectivity index is 2.23. The Labute approximate surface area is 126 Å². The lowest BCUT2D eigenvalue weighted by Crippen LogP contribution is -2.44. The Bertz CT molecular complexity index is 425. The Hall–Kier alpha value is -1.98. The predicted octanol–water partition coefficient (Wildman–Crippen LogP) is 1.50. The summed E-state index contributed by atoms with van der Waals surface area (Å²) in [4.78, 5) is 15.8. The minimum atomic E-state index is -0.100. The lowest BCUT2D eigenvalue weighted by atomic mass is 10.0. The molecule has 0 aromatic carbocycles. The number of hydrogen-bond acceptors (Lipinski definition) is 3. The Morgan fingerprint density at radius 1 is 1.29 bits per heavy atom. The molecule has 1 rings (SSSR count). The summed E-state index contributed by atoms with van der Waals surface area (Å²) in [5, 5.41) is 9.01. The zero-order chi connectivity index (χ0) is 15.5. The average molecular weight is 294 g/mol. The van der Waals surface area contributed by atoms with Crippen molar-refractivity contribution in [2.75, 3.05) is 20.1 Å². The van der Waals surface area contributed by atoms with Crippen LogP contribution >= 0.6 is 0 Å². The van der Waals surface area contributed by atoms with Crippen molar-refractivity contribution in [3.05, 3.63) is 24.2 Å². The molecule has 0 bridgehead atoms. The van der Waals surface area contributed by atoms with E-state index in [0.717, 1.165) is 25.1 Å². The number of aliphatic imine (C=N–C) groups is 1. The largest absolute Gasteiger partial charge is 0.467 e. The van der Waals surface area contributed by atoms with Gasteiger partial charge in [0.2, 0.25) is 5.91 Å². The van der Waals surface area contributed by atoms with Gasteiger partial charge in [-0.2, -0.15) is 0 Å². The number of nitrogens with one attached hydrogen (secondary N) is 3. The fourth-order valence-electron chi connectivity index (χ4n) is 1.86. The second-order valence-corrected chi connectivity index (χ2v) is 4.85. The van der Waals surface area contributed by atoms with Gasteiger partial charge >= 0.3 is 0 Å². The number of amides is 1. The van der Waals surface area contributed by atoms with E-state index in [1.54, 1.807) is 19.4 Å². The first-order valence-corrected chi connectivity index (χ1v) is 7.43. The Morgan fingerprint density at radius 3 is 2.62 bits per heavy atom. The van der Waals surface area contributed by atoms with E-state index < -0.39 is 0 Å². The Morgan fingerprint density at radius 2 is 2.05 bits per heavy atom. The summed E-state index contributed by atoms with van der Waals surface area (Å²) in [6.45, 7) is 5.79. The van der Waals surface area contributed by atoms with Crippen molar-refractivity contribution < 1.29 is 9.21 Å². The third-order valence-electron chi connectivity index (χ3n) is 3.39. The van der Waals surface area contributed by atoms with Gasteiger partial charge in [0.15, 0.2) is 5.96 Å². The quantitative estimate of drug-likeness (QED) is 0.501. The van der Waals surface area contributed by atoms with Crippen LogP contribution in [0, 0.1) is 5.92 Å². The first kappa shape index (κ1) is 17.1. The predicted molar refractivity (Wildman–Crippen MR) is 84.0 cm³/mol. The van der Waals surface area contributed by atoms with Gasteiger partial charge in [0.05, 0.1) is 19.4 Å². The molecule has 0 aliphatic carbocycles. The molecule has 0 aliphatic heterocycles. The number of furan rings is 1. The van der Waals surface area contributed by atoms with Gasteiger partial charge in [-0.05, 0) is 18.1 Å². The third-order valence-corrected chi connectivity index (χ3v) is 3.39. The summed E-state index contributed by atoms with van der Waals surface area (Å²) < 4.78 is 5.15. The number of rotatable bonds is 8. The fraction of sp³-hybridized carbons (Fsp3) is 0.600.